The van der Waals surface area contributed by atoms with Crippen molar-refractivity contribution in [3.63, 3.8) is 0 Å². The standard InChI is InChI=1S/C20H18BrNO2/c1-24-20(23)13-7-5-12(6-8-13)19-16-4-2-3-15(16)17-11-14(21)9-10-18(17)22-19/h2-3,5-11,15-16,19,22H,4H2,1H3/t15-,16+,19+/m1/s1. The second-order valence-electron chi connectivity index (χ2n) is 6.32. The van der Waals surface area contributed by atoms with Gasteiger partial charge in [0.05, 0.1) is 18.7 Å². The highest BCUT2D eigenvalue weighted by molar-refractivity contribution is 9.10. The van der Waals surface area contributed by atoms with E-state index in [4.69, 9.17) is 4.74 Å². The Morgan fingerprint density at radius 3 is 2.75 bits per heavy atom. The molecular formula is C20H18BrNO2. The van der Waals surface area contributed by atoms with E-state index in [1.807, 2.05) is 24.3 Å². The maximum absolute atomic E-state index is 11.6. The number of halogens is 1. The molecule has 1 N–H and O–H groups in total. The fourth-order valence-corrected chi connectivity index (χ4v) is 4.22. The molecule has 0 aromatic heterocycles. The van der Waals surface area contributed by atoms with Gasteiger partial charge >= 0.3 is 5.97 Å². The lowest BCUT2D eigenvalue weighted by molar-refractivity contribution is 0.0600. The van der Waals surface area contributed by atoms with Crippen LogP contribution >= 0.6 is 15.9 Å². The van der Waals surface area contributed by atoms with Crippen LogP contribution in [0.5, 0.6) is 0 Å². The highest BCUT2D eigenvalue weighted by Gasteiger charge is 2.37. The number of ether oxygens (including phenoxy) is 1. The minimum absolute atomic E-state index is 0.241. The van der Waals surface area contributed by atoms with Crippen molar-refractivity contribution in [2.24, 2.45) is 5.92 Å². The molecule has 0 spiro atoms. The van der Waals surface area contributed by atoms with Crippen molar-refractivity contribution < 1.29 is 9.53 Å². The molecule has 0 amide bonds. The summed E-state index contributed by atoms with van der Waals surface area (Å²) in [6.07, 6.45) is 5.67. The third-order valence-corrected chi connectivity index (χ3v) is 5.51. The summed E-state index contributed by atoms with van der Waals surface area (Å²) < 4.78 is 5.89. The lowest BCUT2D eigenvalue weighted by Crippen LogP contribution is -2.29. The van der Waals surface area contributed by atoms with Crippen LogP contribution in [0.15, 0.2) is 59.1 Å². The summed E-state index contributed by atoms with van der Waals surface area (Å²) in [6, 6.07) is 14.4. The van der Waals surface area contributed by atoms with Gasteiger partial charge in [0.15, 0.2) is 0 Å². The minimum Gasteiger partial charge on any atom is -0.465 e. The first kappa shape index (κ1) is 15.5. The van der Waals surface area contributed by atoms with Gasteiger partial charge in [0.25, 0.3) is 0 Å². The molecule has 4 heteroatoms. The monoisotopic (exact) mass is 383 g/mol. The Bertz CT molecular complexity index is 813. The second-order valence-corrected chi connectivity index (χ2v) is 7.24. The van der Waals surface area contributed by atoms with E-state index in [1.165, 1.54) is 23.9 Å². The Morgan fingerprint density at radius 2 is 2.00 bits per heavy atom. The van der Waals surface area contributed by atoms with Gasteiger partial charge in [-0.05, 0) is 53.8 Å². The van der Waals surface area contributed by atoms with Crippen LogP contribution in [0.25, 0.3) is 0 Å². The van der Waals surface area contributed by atoms with Crippen molar-refractivity contribution in [2.75, 3.05) is 12.4 Å². The van der Waals surface area contributed by atoms with Crippen LogP contribution in [0, 0.1) is 5.92 Å². The number of esters is 1. The van der Waals surface area contributed by atoms with Gasteiger partial charge in [-0.15, -0.1) is 0 Å². The number of carbonyl (C=O) groups is 1. The highest BCUT2D eigenvalue weighted by atomic mass is 79.9. The van der Waals surface area contributed by atoms with E-state index in [0.717, 1.165) is 10.9 Å². The van der Waals surface area contributed by atoms with Crippen LogP contribution < -0.4 is 5.32 Å². The van der Waals surface area contributed by atoms with E-state index in [9.17, 15) is 4.79 Å². The van der Waals surface area contributed by atoms with Crippen LogP contribution in [-0.4, -0.2) is 13.1 Å². The van der Waals surface area contributed by atoms with Gasteiger partial charge in [-0.2, -0.15) is 0 Å². The summed E-state index contributed by atoms with van der Waals surface area (Å²) >= 11 is 3.58. The summed E-state index contributed by atoms with van der Waals surface area (Å²) in [6.45, 7) is 0. The first-order valence-corrected chi connectivity index (χ1v) is 8.87. The number of benzene rings is 2. The molecular weight excluding hydrogens is 366 g/mol. The molecule has 0 saturated heterocycles. The Labute approximate surface area is 149 Å². The van der Waals surface area contributed by atoms with Crippen molar-refractivity contribution in [3.8, 4) is 0 Å². The van der Waals surface area contributed by atoms with E-state index < -0.39 is 0 Å². The molecule has 4 rings (SSSR count). The fourth-order valence-electron chi connectivity index (χ4n) is 3.84. The molecule has 2 aromatic carbocycles. The number of methoxy groups -OCH3 is 1. The lowest BCUT2D eigenvalue weighted by atomic mass is 9.77. The number of anilines is 1. The number of hydrogen-bond acceptors (Lipinski definition) is 3. The van der Waals surface area contributed by atoms with Crippen molar-refractivity contribution in [1.82, 2.24) is 0 Å². The highest BCUT2D eigenvalue weighted by Crippen LogP contribution is 2.50. The predicted molar refractivity (Wildman–Crippen MR) is 98.3 cm³/mol. The number of carbonyl (C=O) groups excluding carboxylic acids is 1. The largest absolute Gasteiger partial charge is 0.465 e. The third-order valence-electron chi connectivity index (χ3n) is 5.02. The molecule has 3 atom stereocenters. The van der Waals surface area contributed by atoms with Crippen LogP contribution in [0.3, 0.4) is 0 Å². The number of hydrogen-bond donors (Lipinski definition) is 1. The molecule has 2 aromatic rings. The van der Waals surface area contributed by atoms with E-state index >= 15 is 0 Å². The zero-order valence-electron chi connectivity index (χ0n) is 13.3. The normalized spacial score (nSPS) is 24.0. The van der Waals surface area contributed by atoms with Crippen LogP contribution in [-0.2, 0) is 4.74 Å². The minimum atomic E-state index is -0.297. The van der Waals surface area contributed by atoms with Gasteiger partial charge in [-0.1, -0.05) is 40.2 Å². The molecule has 1 aliphatic carbocycles. The van der Waals surface area contributed by atoms with Gasteiger partial charge in [0.1, 0.15) is 0 Å². The number of nitrogens with one attached hydrogen (secondary N) is 1. The summed E-state index contributed by atoms with van der Waals surface area (Å²) in [5, 5.41) is 3.70. The average molecular weight is 384 g/mol. The molecule has 0 bridgehead atoms. The molecule has 0 radical (unpaired) electrons. The summed E-state index contributed by atoms with van der Waals surface area (Å²) in [5.41, 5.74) is 4.33. The Balaban J connectivity index is 1.69. The fraction of sp³-hybridized carbons (Fsp3) is 0.250. The van der Waals surface area contributed by atoms with E-state index in [-0.39, 0.29) is 12.0 Å². The zero-order valence-corrected chi connectivity index (χ0v) is 14.9. The molecule has 1 heterocycles. The Hall–Kier alpha value is -2.07. The smallest absolute Gasteiger partial charge is 0.337 e. The zero-order chi connectivity index (χ0) is 16.7. The SMILES string of the molecule is COC(=O)c1ccc([C@@H]2Nc3ccc(Br)cc3[C@@H]3C=CC[C@@H]32)cc1. The van der Waals surface area contributed by atoms with Gasteiger partial charge in [0.2, 0.25) is 0 Å². The number of allylic oxidation sites excluding steroid dienone is 2. The third kappa shape index (κ3) is 2.55. The molecule has 122 valence electrons. The molecule has 0 unspecified atom stereocenters. The van der Waals surface area contributed by atoms with E-state index in [0.29, 0.717) is 17.4 Å². The molecule has 3 nitrogen and oxygen atoms in total. The number of fused-ring (bicyclic) bond motifs is 3. The van der Waals surface area contributed by atoms with Gasteiger partial charge in [-0.25, -0.2) is 4.79 Å². The number of rotatable bonds is 2. The Morgan fingerprint density at radius 1 is 1.21 bits per heavy atom. The van der Waals surface area contributed by atoms with Crippen molar-refractivity contribution in [3.05, 3.63) is 75.8 Å². The lowest BCUT2D eigenvalue weighted by Gasteiger charge is -2.37. The van der Waals surface area contributed by atoms with Crippen LogP contribution in [0.1, 0.15) is 39.9 Å². The van der Waals surface area contributed by atoms with Crippen molar-refractivity contribution in [2.45, 2.75) is 18.4 Å². The van der Waals surface area contributed by atoms with Crippen molar-refractivity contribution >= 4 is 27.6 Å². The molecule has 24 heavy (non-hydrogen) atoms. The first-order valence-electron chi connectivity index (χ1n) is 8.08. The van der Waals surface area contributed by atoms with Gasteiger partial charge < -0.3 is 10.1 Å². The topological polar surface area (TPSA) is 38.3 Å². The average Bonchev–Trinajstić information content (AvgIpc) is 3.11. The van der Waals surface area contributed by atoms with E-state index in [1.54, 1.807) is 0 Å². The quantitative estimate of drug-likeness (QED) is 0.581. The summed E-state index contributed by atoms with van der Waals surface area (Å²) in [5.74, 6) is 0.633. The van der Waals surface area contributed by atoms with Gasteiger partial charge in [-0.3, -0.25) is 0 Å². The maximum Gasteiger partial charge on any atom is 0.337 e. The first-order chi connectivity index (χ1) is 11.7. The molecule has 2 aliphatic rings. The second kappa shape index (κ2) is 6.10. The van der Waals surface area contributed by atoms with Gasteiger partial charge in [0, 0.05) is 16.1 Å². The predicted octanol–water partition coefficient (Wildman–Crippen LogP) is 5.06. The Kier molecular flexibility index (Phi) is 3.93. The molecule has 1 aliphatic heterocycles. The van der Waals surface area contributed by atoms with Crippen LogP contribution in [0.4, 0.5) is 5.69 Å². The summed E-state index contributed by atoms with van der Waals surface area (Å²) in [4.78, 5) is 11.6. The summed E-state index contributed by atoms with van der Waals surface area (Å²) in [7, 11) is 1.41. The molecule has 0 saturated carbocycles. The molecule has 0 fully saturated rings. The van der Waals surface area contributed by atoms with Crippen molar-refractivity contribution in [1.29, 1.82) is 0 Å². The maximum atomic E-state index is 11.6. The van der Waals surface area contributed by atoms with E-state index in [2.05, 4.69) is 51.6 Å². The van der Waals surface area contributed by atoms with Crippen LogP contribution in [0.2, 0.25) is 0 Å².